The van der Waals surface area contributed by atoms with Crippen LogP contribution in [0.25, 0.3) is 10.2 Å². The Labute approximate surface area is 142 Å². The number of aromatic nitrogens is 2. The maximum absolute atomic E-state index is 12.5. The average molecular weight is 347 g/mol. The van der Waals surface area contributed by atoms with E-state index in [0.717, 1.165) is 42.0 Å². The highest BCUT2D eigenvalue weighted by Gasteiger charge is 2.20. The van der Waals surface area contributed by atoms with Crippen molar-refractivity contribution in [2.24, 2.45) is 0 Å². The maximum Gasteiger partial charge on any atom is 0.260 e. The molecule has 1 atom stereocenters. The van der Waals surface area contributed by atoms with Crippen molar-refractivity contribution in [2.45, 2.75) is 38.8 Å². The smallest absolute Gasteiger partial charge is 0.260 e. The Hall–Kier alpha value is -1.50. The normalized spacial score (nSPS) is 15.7. The van der Waals surface area contributed by atoms with E-state index >= 15 is 0 Å². The Morgan fingerprint density at radius 2 is 2.17 bits per heavy atom. The second kappa shape index (κ2) is 6.19. The van der Waals surface area contributed by atoms with Crippen LogP contribution in [-0.4, -0.2) is 17.0 Å². The molecule has 0 aromatic carbocycles. The Morgan fingerprint density at radius 1 is 1.30 bits per heavy atom. The number of rotatable bonds is 4. The average Bonchev–Trinajstić information content (AvgIpc) is 3.13. The second-order valence-electron chi connectivity index (χ2n) is 6.35. The van der Waals surface area contributed by atoms with Crippen molar-refractivity contribution in [3.8, 4) is 0 Å². The molecular weight excluding hydrogens is 326 g/mol. The number of nitrogens with one attached hydrogen (secondary N) is 2. The van der Waals surface area contributed by atoms with Crippen LogP contribution in [0.1, 0.15) is 34.7 Å². The number of H-pyrrole nitrogens is 1. The summed E-state index contributed by atoms with van der Waals surface area (Å²) in [5.41, 5.74) is 2.64. The van der Waals surface area contributed by atoms with Gasteiger partial charge in [-0.2, -0.15) is 11.3 Å². The number of fused-ring (bicyclic) bond motifs is 3. The van der Waals surface area contributed by atoms with E-state index in [1.807, 2.05) is 0 Å². The molecular formula is C17H20N3OS2+. The van der Waals surface area contributed by atoms with Crippen molar-refractivity contribution in [3.63, 3.8) is 0 Å². The van der Waals surface area contributed by atoms with Crippen molar-refractivity contribution in [2.75, 3.05) is 7.05 Å². The largest absolute Gasteiger partial charge is 0.327 e. The first-order valence-corrected chi connectivity index (χ1v) is 9.82. The Kier molecular flexibility index (Phi) is 4.05. The van der Waals surface area contributed by atoms with Gasteiger partial charge in [0, 0.05) is 10.4 Å². The van der Waals surface area contributed by atoms with Crippen LogP contribution >= 0.6 is 22.7 Å². The summed E-state index contributed by atoms with van der Waals surface area (Å²) in [7, 11) is 2.14. The molecule has 23 heavy (non-hydrogen) atoms. The molecule has 0 amide bonds. The van der Waals surface area contributed by atoms with Gasteiger partial charge in [-0.1, -0.05) is 0 Å². The van der Waals surface area contributed by atoms with Gasteiger partial charge in [0.05, 0.1) is 12.4 Å². The molecule has 4 nitrogen and oxygen atoms in total. The van der Waals surface area contributed by atoms with E-state index in [1.165, 1.54) is 33.7 Å². The number of quaternary nitrogens is 1. The van der Waals surface area contributed by atoms with Crippen molar-refractivity contribution in [1.82, 2.24) is 9.97 Å². The summed E-state index contributed by atoms with van der Waals surface area (Å²) in [4.78, 5) is 23.9. The zero-order chi connectivity index (χ0) is 15.8. The molecule has 0 saturated heterocycles. The number of aromatic amines is 1. The predicted molar refractivity (Wildman–Crippen MR) is 95.5 cm³/mol. The monoisotopic (exact) mass is 346 g/mol. The second-order valence-corrected chi connectivity index (χ2v) is 8.21. The summed E-state index contributed by atoms with van der Waals surface area (Å²) in [6.07, 6.45) is 4.56. The highest BCUT2D eigenvalue weighted by atomic mass is 32.1. The molecule has 3 aromatic heterocycles. The Bertz CT molecular complexity index is 879. The van der Waals surface area contributed by atoms with Gasteiger partial charge in [0.15, 0.2) is 5.82 Å². The molecule has 6 heteroatoms. The third-order valence-electron chi connectivity index (χ3n) is 4.43. The molecule has 2 N–H and O–H groups in total. The van der Waals surface area contributed by atoms with Crippen LogP contribution in [0.5, 0.6) is 0 Å². The number of thiophene rings is 2. The van der Waals surface area contributed by atoms with E-state index in [2.05, 4.69) is 28.9 Å². The van der Waals surface area contributed by atoms with Crippen LogP contribution in [0.2, 0.25) is 0 Å². The molecule has 1 aliphatic carbocycles. The maximum atomic E-state index is 12.5. The minimum atomic E-state index is 0.0488. The number of aryl methyl sites for hydroxylation is 2. The van der Waals surface area contributed by atoms with Gasteiger partial charge in [0.1, 0.15) is 17.9 Å². The van der Waals surface area contributed by atoms with Crippen LogP contribution in [0.3, 0.4) is 0 Å². The first kappa shape index (κ1) is 15.1. The van der Waals surface area contributed by atoms with Crippen molar-refractivity contribution in [1.29, 1.82) is 0 Å². The van der Waals surface area contributed by atoms with Gasteiger partial charge in [0.2, 0.25) is 0 Å². The van der Waals surface area contributed by atoms with E-state index in [0.29, 0.717) is 0 Å². The lowest BCUT2D eigenvalue weighted by atomic mass is 9.97. The molecule has 0 bridgehead atoms. The van der Waals surface area contributed by atoms with Gasteiger partial charge in [-0.3, -0.25) is 4.79 Å². The molecule has 0 spiro atoms. The lowest BCUT2D eigenvalue weighted by Crippen LogP contribution is -3.06. The molecule has 1 unspecified atom stereocenters. The fourth-order valence-corrected chi connectivity index (χ4v) is 5.33. The SMILES string of the molecule is C[NH+](Cc1ccsc1)Cc1nc2sc3c(c2c(=O)[nH]1)CCCC3. The molecule has 3 heterocycles. The summed E-state index contributed by atoms with van der Waals surface area (Å²) in [5.74, 6) is 0.800. The molecule has 0 aliphatic heterocycles. The van der Waals surface area contributed by atoms with Crippen LogP contribution in [0.4, 0.5) is 0 Å². The number of nitrogens with zero attached hydrogens (tertiary/aromatic N) is 1. The molecule has 3 aromatic rings. The van der Waals surface area contributed by atoms with Gasteiger partial charge < -0.3 is 9.88 Å². The third-order valence-corrected chi connectivity index (χ3v) is 6.35. The number of hydrogen-bond donors (Lipinski definition) is 2. The zero-order valence-electron chi connectivity index (χ0n) is 13.1. The number of hydrogen-bond acceptors (Lipinski definition) is 4. The van der Waals surface area contributed by atoms with Gasteiger partial charge in [-0.15, -0.1) is 11.3 Å². The van der Waals surface area contributed by atoms with E-state index in [4.69, 9.17) is 4.98 Å². The van der Waals surface area contributed by atoms with Gasteiger partial charge in [-0.05, 0) is 48.1 Å². The van der Waals surface area contributed by atoms with Crippen LogP contribution in [0.15, 0.2) is 21.6 Å². The summed E-state index contributed by atoms with van der Waals surface area (Å²) >= 11 is 3.44. The van der Waals surface area contributed by atoms with Crippen molar-refractivity contribution < 1.29 is 4.90 Å². The van der Waals surface area contributed by atoms with Crippen molar-refractivity contribution >= 4 is 32.9 Å². The summed E-state index contributed by atoms with van der Waals surface area (Å²) in [5, 5.41) is 5.13. The Morgan fingerprint density at radius 3 is 3.00 bits per heavy atom. The van der Waals surface area contributed by atoms with E-state index in [9.17, 15) is 4.79 Å². The van der Waals surface area contributed by atoms with E-state index in [1.54, 1.807) is 22.7 Å². The summed E-state index contributed by atoms with van der Waals surface area (Å²) in [6, 6.07) is 2.15. The molecule has 4 rings (SSSR count). The topological polar surface area (TPSA) is 50.2 Å². The van der Waals surface area contributed by atoms with Crippen molar-refractivity contribution in [3.05, 3.63) is 49.0 Å². The van der Waals surface area contributed by atoms with Crippen LogP contribution < -0.4 is 10.5 Å². The van der Waals surface area contributed by atoms with Crippen LogP contribution in [-0.2, 0) is 25.9 Å². The first-order chi connectivity index (χ1) is 11.2. The lowest BCUT2D eigenvalue weighted by Gasteiger charge is -2.12. The predicted octanol–water partition coefficient (Wildman–Crippen LogP) is 2.14. The van der Waals surface area contributed by atoms with Gasteiger partial charge >= 0.3 is 0 Å². The van der Waals surface area contributed by atoms with Gasteiger partial charge in [-0.25, -0.2) is 4.98 Å². The quantitative estimate of drug-likeness (QED) is 0.760. The highest BCUT2D eigenvalue weighted by Crippen LogP contribution is 2.33. The third kappa shape index (κ3) is 2.98. The van der Waals surface area contributed by atoms with Crippen LogP contribution in [0, 0.1) is 0 Å². The molecule has 0 fully saturated rings. The van der Waals surface area contributed by atoms with E-state index in [-0.39, 0.29) is 5.56 Å². The van der Waals surface area contributed by atoms with E-state index < -0.39 is 0 Å². The Balaban J connectivity index is 1.62. The molecule has 1 aliphatic rings. The fourth-order valence-electron chi connectivity index (χ4n) is 3.38. The highest BCUT2D eigenvalue weighted by molar-refractivity contribution is 7.18. The lowest BCUT2D eigenvalue weighted by molar-refractivity contribution is -0.908. The molecule has 0 radical (unpaired) electrons. The summed E-state index contributed by atoms with van der Waals surface area (Å²) in [6.45, 7) is 1.69. The standard InChI is InChI=1S/C17H19N3OS2/c1-20(8-11-6-7-22-10-11)9-14-18-16(21)15-12-4-2-3-5-13(12)23-17(15)19-14/h6-7,10H,2-5,8-9H2,1H3,(H,18,19,21)/p+1. The summed E-state index contributed by atoms with van der Waals surface area (Å²) < 4.78 is 0. The minimum absolute atomic E-state index is 0.0488. The molecule has 0 saturated carbocycles. The zero-order valence-corrected chi connectivity index (χ0v) is 14.8. The van der Waals surface area contributed by atoms with Gasteiger partial charge in [0.25, 0.3) is 5.56 Å². The fraction of sp³-hybridized carbons (Fsp3) is 0.412. The molecule has 120 valence electrons. The minimum Gasteiger partial charge on any atom is -0.327 e. The first-order valence-electron chi connectivity index (χ1n) is 8.06.